The Morgan fingerprint density at radius 2 is 1.76 bits per heavy atom. The second-order valence-corrected chi connectivity index (χ2v) is 6.85. The molecule has 0 aliphatic rings. The first-order valence-corrected chi connectivity index (χ1v) is 8.95. The quantitative estimate of drug-likeness (QED) is 0.787. The lowest BCUT2D eigenvalue weighted by Crippen LogP contribution is -2.27. The van der Waals surface area contributed by atoms with Gasteiger partial charge >= 0.3 is 0 Å². The van der Waals surface area contributed by atoms with Crippen molar-refractivity contribution in [1.29, 1.82) is 0 Å². The SMILES string of the molecule is CCc1ccc([C@H](C)NC(=O)c2cc(C(C)C)c(OC)cc2C)cc1. The van der Waals surface area contributed by atoms with Gasteiger partial charge in [-0.25, -0.2) is 0 Å². The molecule has 0 bridgehead atoms. The van der Waals surface area contributed by atoms with Gasteiger partial charge in [0.15, 0.2) is 0 Å². The predicted molar refractivity (Wildman–Crippen MR) is 104 cm³/mol. The smallest absolute Gasteiger partial charge is 0.252 e. The molecule has 2 rings (SSSR count). The molecule has 1 amide bonds. The lowest BCUT2D eigenvalue weighted by atomic mass is 9.95. The summed E-state index contributed by atoms with van der Waals surface area (Å²) in [6.07, 6.45) is 1.02. The minimum Gasteiger partial charge on any atom is -0.496 e. The van der Waals surface area contributed by atoms with Crippen molar-refractivity contribution < 1.29 is 9.53 Å². The molecule has 0 aliphatic heterocycles. The highest BCUT2D eigenvalue weighted by molar-refractivity contribution is 5.96. The molecule has 2 aromatic carbocycles. The fraction of sp³-hybridized carbons (Fsp3) is 0.409. The van der Waals surface area contributed by atoms with Crippen molar-refractivity contribution >= 4 is 5.91 Å². The summed E-state index contributed by atoms with van der Waals surface area (Å²) in [5, 5.41) is 3.11. The van der Waals surface area contributed by atoms with Gasteiger partial charge in [0.2, 0.25) is 0 Å². The van der Waals surface area contributed by atoms with E-state index in [1.54, 1.807) is 7.11 Å². The van der Waals surface area contributed by atoms with E-state index in [0.29, 0.717) is 11.5 Å². The molecule has 134 valence electrons. The van der Waals surface area contributed by atoms with Crippen LogP contribution < -0.4 is 10.1 Å². The monoisotopic (exact) mass is 339 g/mol. The molecule has 0 fully saturated rings. The lowest BCUT2D eigenvalue weighted by molar-refractivity contribution is 0.0939. The van der Waals surface area contributed by atoms with E-state index in [-0.39, 0.29) is 11.9 Å². The molecular formula is C22H29NO2. The fourth-order valence-corrected chi connectivity index (χ4v) is 2.97. The number of aryl methyl sites for hydroxylation is 2. The summed E-state index contributed by atoms with van der Waals surface area (Å²) in [4.78, 5) is 12.8. The zero-order valence-corrected chi connectivity index (χ0v) is 16.1. The van der Waals surface area contributed by atoms with Crippen molar-refractivity contribution in [3.63, 3.8) is 0 Å². The molecule has 0 aliphatic carbocycles. The molecule has 0 heterocycles. The van der Waals surface area contributed by atoms with E-state index < -0.39 is 0 Å². The van der Waals surface area contributed by atoms with Gasteiger partial charge in [-0.05, 0) is 60.6 Å². The Morgan fingerprint density at radius 1 is 1.12 bits per heavy atom. The summed E-state index contributed by atoms with van der Waals surface area (Å²) in [6.45, 7) is 10.3. The minimum absolute atomic E-state index is 0.0394. The Labute approximate surface area is 151 Å². The van der Waals surface area contributed by atoms with E-state index >= 15 is 0 Å². The molecule has 0 unspecified atom stereocenters. The van der Waals surface area contributed by atoms with Crippen LogP contribution in [0.5, 0.6) is 5.75 Å². The van der Waals surface area contributed by atoms with Crippen LogP contribution in [-0.2, 0) is 6.42 Å². The van der Waals surface area contributed by atoms with Crippen molar-refractivity contribution in [2.24, 2.45) is 0 Å². The fourth-order valence-electron chi connectivity index (χ4n) is 2.97. The van der Waals surface area contributed by atoms with E-state index in [9.17, 15) is 4.79 Å². The number of carbonyl (C=O) groups excluding carboxylic acids is 1. The minimum atomic E-state index is -0.0471. The first-order chi connectivity index (χ1) is 11.9. The molecule has 0 spiro atoms. The van der Waals surface area contributed by atoms with E-state index in [2.05, 4.69) is 50.4 Å². The number of ether oxygens (including phenoxy) is 1. The summed E-state index contributed by atoms with van der Waals surface area (Å²) in [7, 11) is 1.67. The molecular weight excluding hydrogens is 310 g/mol. The summed E-state index contributed by atoms with van der Waals surface area (Å²) in [5.41, 5.74) is 5.10. The van der Waals surface area contributed by atoms with Gasteiger partial charge < -0.3 is 10.1 Å². The Morgan fingerprint density at radius 3 is 2.28 bits per heavy atom. The van der Waals surface area contributed by atoms with Crippen LogP contribution in [0.3, 0.4) is 0 Å². The second kappa shape index (κ2) is 8.19. The third kappa shape index (κ3) is 4.41. The highest BCUT2D eigenvalue weighted by Crippen LogP contribution is 2.30. The third-order valence-electron chi connectivity index (χ3n) is 4.68. The van der Waals surface area contributed by atoms with Gasteiger partial charge in [0.1, 0.15) is 5.75 Å². The van der Waals surface area contributed by atoms with Gasteiger partial charge in [0.05, 0.1) is 13.2 Å². The zero-order chi connectivity index (χ0) is 18.6. The van der Waals surface area contributed by atoms with Gasteiger partial charge in [-0.2, -0.15) is 0 Å². The predicted octanol–water partition coefficient (Wildman–Crippen LogP) is 5.18. The highest BCUT2D eigenvalue weighted by atomic mass is 16.5. The van der Waals surface area contributed by atoms with Crippen molar-refractivity contribution in [3.05, 3.63) is 64.2 Å². The Balaban J connectivity index is 2.23. The van der Waals surface area contributed by atoms with Crippen LogP contribution in [-0.4, -0.2) is 13.0 Å². The number of carbonyl (C=O) groups is 1. The molecule has 0 radical (unpaired) electrons. The van der Waals surface area contributed by atoms with Crippen LogP contribution in [0.15, 0.2) is 36.4 Å². The topological polar surface area (TPSA) is 38.3 Å². The van der Waals surface area contributed by atoms with Gasteiger partial charge in [-0.15, -0.1) is 0 Å². The molecule has 1 atom stereocenters. The standard InChI is InChI=1S/C22H29NO2/c1-7-17-8-10-18(11-9-17)16(5)23-22(24)20-13-19(14(2)3)21(25-6)12-15(20)4/h8-14,16H,7H2,1-6H3,(H,23,24)/t16-/m0/s1. The number of benzene rings is 2. The van der Waals surface area contributed by atoms with Crippen LogP contribution in [0.1, 0.15) is 72.3 Å². The summed E-state index contributed by atoms with van der Waals surface area (Å²) >= 11 is 0. The largest absolute Gasteiger partial charge is 0.496 e. The van der Waals surface area contributed by atoms with Crippen molar-refractivity contribution in [1.82, 2.24) is 5.32 Å². The maximum atomic E-state index is 12.8. The van der Waals surface area contributed by atoms with Crippen LogP contribution in [0.4, 0.5) is 0 Å². The average molecular weight is 339 g/mol. The first-order valence-electron chi connectivity index (χ1n) is 8.95. The maximum Gasteiger partial charge on any atom is 0.252 e. The molecule has 0 saturated heterocycles. The zero-order valence-electron chi connectivity index (χ0n) is 16.1. The number of nitrogens with one attached hydrogen (secondary N) is 1. The van der Waals surface area contributed by atoms with Crippen molar-refractivity contribution in [3.8, 4) is 5.75 Å². The summed E-state index contributed by atoms with van der Waals surface area (Å²) in [6, 6.07) is 12.3. The Hall–Kier alpha value is -2.29. The van der Waals surface area contributed by atoms with E-state index in [4.69, 9.17) is 4.74 Å². The lowest BCUT2D eigenvalue weighted by Gasteiger charge is -2.18. The maximum absolute atomic E-state index is 12.8. The van der Waals surface area contributed by atoms with Crippen LogP contribution >= 0.6 is 0 Å². The normalized spacial score (nSPS) is 12.1. The van der Waals surface area contributed by atoms with Gasteiger partial charge in [0, 0.05) is 5.56 Å². The number of rotatable bonds is 6. The molecule has 3 nitrogen and oxygen atoms in total. The number of hydrogen-bond donors (Lipinski definition) is 1. The van der Waals surface area contributed by atoms with E-state index in [1.165, 1.54) is 5.56 Å². The molecule has 1 N–H and O–H groups in total. The summed E-state index contributed by atoms with van der Waals surface area (Å²) in [5.74, 6) is 1.09. The van der Waals surface area contributed by atoms with Crippen LogP contribution in [0.2, 0.25) is 0 Å². The number of hydrogen-bond acceptors (Lipinski definition) is 2. The average Bonchev–Trinajstić information content (AvgIpc) is 2.60. The Bertz CT molecular complexity index is 732. The van der Waals surface area contributed by atoms with Crippen LogP contribution in [0, 0.1) is 6.92 Å². The first kappa shape index (κ1) is 19.0. The molecule has 3 heteroatoms. The van der Waals surface area contributed by atoms with Crippen LogP contribution in [0.25, 0.3) is 0 Å². The molecule has 2 aromatic rings. The summed E-state index contributed by atoms with van der Waals surface area (Å²) < 4.78 is 5.46. The molecule has 25 heavy (non-hydrogen) atoms. The Kier molecular flexibility index (Phi) is 6.24. The third-order valence-corrected chi connectivity index (χ3v) is 4.68. The number of amides is 1. The molecule has 0 aromatic heterocycles. The number of methoxy groups -OCH3 is 1. The van der Waals surface area contributed by atoms with E-state index in [0.717, 1.165) is 28.9 Å². The van der Waals surface area contributed by atoms with Gasteiger partial charge in [-0.3, -0.25) is 4.79 Å². The van der Waals surface area contributed by atoms with Crippen molar-refractivity contribution in [2.45, 2.75) is 53.0 Å². The van der Waals surface area contributed by atoms with E-state index in [1.807, 2.05) is 26.0 Å². The second-order valence-electron chi connectivity index (χ2n) is 6.85. The molecule has 0 saturated carbocycles. The van der Waals surface area contributed by atoms with Gasteiger partial charge in [-0.1, -0.05) is 45.0 Å². The van der Waals surface area contributed by atoms with Gasteiger partial charge in [0.25, 0.3) is 5.91 Å². The highest BCUT2D eigenvalue weighted by Gasteiger charge is 2.17. The van der Waals surface area contributed by atoms with Crippen molar-refractivity contribution in [2.75, 3.05) is 7.11 Å².